The maximum Gasteiger partial charge on any atom is 0.449 e. The molecule has 1 heterocycles. The fraction of sp³-hybridized carbons (Fsp3) is 0.389. The number of nitrogens with two attached hydrogens (primary N) is 1. The minimum absolute atomic E-state index is 0.216. The Balaban J connectivity index is 0.00000218. The minimum Gasteiger partial charge on any atom is -0.402 e. The fourth-order valence-corrected chi connectivity index (χ4v) is 2.55. The number of nitrogens with zero attached hydrogens (tertiary/aromatic N) is 2. The van der Waals surface area contributed by atoms with Crippen LogP contribution in [0.15, 0.2) is 23.9 Å². The quantitative estimate of drug-likeness (QED) is 0.223. The summed E-state index contributed by atoms with van der Waals surface area (Å²) < 4.78 is 77.7. The van der Waals surface area contributed by atoms with E-state index in [2.05, 4.69) is 0 Å². The summed E-state index contributed by atoms with van der Waals surface area (Å²) in [4.78, 5) is 13.6. The molecule has 6 nitrogen and oxygen atoms in total. The number of amides is 1. The molecule has 1 saturated heterocycles. The van der Waals surface area contributed by atoms with E-state index >= 15 is 0 Å². The van der Waals surface area contributed by atoms with Crippen molar-refractivity contribution in [3.63, 3.8) is 0 Å². The number of benzene rings is 1. The van der Waals surface area contributed by atoms with Gasteiger partial charge in [0.05, 0.1) is 6.54 Å². The lowest BCUT2D eigenvalue weighted by atomic mass is 10.1. The van der Waals surface area contributed by atoms with Gasteiger partial charge in [-0.2, -0.15) is 13.2 Å². The van der Waals surface area contributed by atoms with Crippen LogP contribution in [0.5, 0.6) is 0 Å². The second-order valence-corrected chi connectivity index (χ2v) is 5.96. The summed E-state index contributed by atoms with van der Waals surface area (Å²) in [5.41, 5.74) is 4.97. The van der Waals surface area contributed by atoms with Crippen LogP contribution in [0, 0.1) is 28.3 Å². The molecule has 1 aromatic carbocycles. The minimum atomic E-state index is -4.92. The Bertz CT molecular complexity index is 852. The third kappa shape index (κ3) is 6.22. The summed E-state index contributed by atoms with van der Waals surface area (Å²) in [5, 5.41) is 14.7. The lowest BCUT2D eigenvalue weighted by molar-refractivity contribution is -0.126. The number of rotatable bonds is 3. The zero-order valence-corrected chi connectivity index (χ0v) is 16.2. The number of hydrogen-bond donors (Lipinski definition) is 3. The molecular formula is C18H21F6N5O. The van der Waals surface area contributed by atoms with Gasteiger partial charge >= 0.3 is 6.18 Å². The fourth-order valence-electron chi connectivity index (χ4n) is 2.55. The third-order valence-corrected chi connectivity index (χ3v) is 3.88. The van der Waals surface area contributed by atoms with Gasteiger partial charge in [0, 0.05) is 37.3 Å². The smallest absolute Gasteiger partial charge is 0.402 e. The highest BCUT2D eigenvalue weighted by Crippen LogP contribution is 2.21. The Labute approximate surface area is 169 Å². The molecule has 0 atom stereocenters. The number of carbonyl (C=O) groups is 1. The summed E-state index contributed by atoms with van der Waals surface area (Å²) in [5.74, 6) is -6.82. The second-order valence-electron chi connectivity index (χ2n) is 5.96. The highest BCUT2D eigenvalue weighted by atomic mass is 19.4. The Morgan fingerprint density at radius 1 is 1.20 bits per heavy atom. The topological polar surface area (TPSA) is 97.3 Å². The number of hydrogen-bond acceptors (Lipinski definition) is 4. The molecule has 0 spiro atoms. The number of allylic oxidation sites excluding steroid dienone is 1. The van der Waals surface area contributed by atoms with Crippen molar-refractivity contribution in [3.05, 3.63) is 46.9 Å². The van der Waals surface area contributed by atoms with Crippen LogP contribution in [-0.2, 0) is 11.2 Å². The monoisotopic (exact) mass is 437 g/mol. The van der Waals surface area contributed by atoms with E-state index in [0.29, 0.717) is 11.0 Å². The van der Waals surface area contributed by atoms with E-state index in [0.717, 1.165) is 17.0 Å². The molecule has 0 aliphatic carbocycles. The number of piperazine rings is 1. The van der Waals surface area contributed by atoms with Crippen LogP contribution >= 0.6 is 0 Å². The van der Waals surface area contributed by atoms with Crippen molar-refractivity contribution in [2.24, 2.45) is 5.73 Å². The Kier molecular flexibility index (Phi) is 8.43. The van der Waals surface area contributed by atoms with Gasteiger partial charge in [-0.15, -0.1) is 0 Å². The predicted molar refractivity (Wildman–Crippen MR) is 98.4 cm³/mol. The van der Waals surface area contributed by atoms with Gasteiger partial charge in [0.2, 0.25) is 11.7 Å². The molecule has 30 heavy (non-hydrogen) atoms. The van der Waals surface area contributed by atoms with Gasteiger partial charge in [0.25, 0.3) is 0 Å². The van der Waals surface area contributed by atoms with E-state index < -0.39 is 66.3 Å². The molecule has 0 unspecified atom stereocenters. The van der Waals surface area contributed by atoms with Gasteiger partial charge in [-0.3, -0.25) is 15.6 Å². The van der Waals surface area contributed by atoms with Crippen LogP contribution in [0.1, 0.15) is 19.4 Å². The average Bonchev–Trinajstić information content (AvgIpc) is 2.65. The molecule has 1 amide bonds. The van der Waals surface area contributed by atoms with Crippen LogP contribution in [0.3, 0.4) is 0 Å². The van der Waals surface area contributed by atoms with Crippen molar-refractivity contribution in [1.82, 2.24) is 9.80 Å². The van der Waals surface area contributed by atoms with Crippen molar-refractivity contribution < 1.29 is 31.1 Å². The first kappa shape index (κ1) is 25.0. The van der Waals surface area contributed by atoms with Gasteiger partial charge in [0.1, 0.15) is 11.7 Å². The first-order valence-electron chi connectivity index (χ1n) is 8.79. The van der Waals surface area contributed by atoms with Gasteiger partial charge < -0.3 is 15.5 Å². The standard InChI is InChI=1S/C16H15F6N5O.C2H6/c17-9-3-8(14(19)11(18)5-9)4-10(23)6-13(28)26-1-2-27(12(24)7-26)15(25)16(20,21)22;1-2/h3,5-6,24-25H,1-2,4,7,23H2;1-2H3/b10-6-,24-12?,25-15?;. The molecule has 0 aromatic heterocycles. The lowest BCUT2D eigenvalue weighted by Gasteiger charge is -2.36. The molecule has 0 saturated carbocycles. The maximum atomic E-state index is 13.6. The van der Waals surface area contributed by atoms with E-state index in [4.69, 9.17) is 16.6 Å². The summed E-state index contributed by atoms with van der Waals surface area (Å²) in [6.07, 6.45) is -4.55. The first-order valence-corrected chi connectivity index (χ1v) is 8.79. The summed E-state index contributed by atoms with van der Waals surface area (Å²) in [6.45, 7) is 2.87. The zero-order chi connectivity index (χ0) is 23.2. The normalized spacial score (nSPS) is 14.9. The van der Waals surface area contributed by atoms with Gasteiger partial charge in [-0.05, 0) is 11.6 Å². The Morgan fingerprint density at radius 2 is 1.80 bits per heavy atom. The number of nitrogens with one attached hydrogen (secondary N) is 2. The van der Waals surface area contributed by atoms with Crippen LogP contribution in [0.25, 0.3) is 0 Å². The van der Waals surface area contributed by atoms with Crippen LogP contribution < -0.4 is 5.73 Å². The van der Waals surface area contributed by atoms with Crippen LogP contribution in [0.4, 0.5) is 26.3 Å². The molecule has 1 aliphatic heterocycles. The molecule has 12 heteroatoms. The number of amidine groups is 2. The molecular weight excluding hydrogens is 416 g/mol. The van der Waals surface area contributed by atoms with E-state index in [1.807, 2.05) is 13.8 Å². The molecule has 166 valence electrons. The second kappa shape index (κ2) is 10.1. The highest BCUT2D eigenvalue weighted by Gasteiger charge is 2.41. The van der Waals surface area contributed by atoms with Crippen molar-refractivity contribution in [2.75, 3.05) is 19.6 Å². The van der Waals surface area contributed by atoms with Gasteiger partial charge in [-0.25, -0.2) is 13.2 Å². The van der Waals surface area contributed by atoms with Gasteiger partial charge in [0.15, 0.2) is 11.6 Å². The molecule has 0 radical (unpaired) electrons. The first-order chi connectivity index (χ1) is 13.9. The van der Waals surface area contributed by atoms with Crippen molar-refractivity contribution in [1.29, 1.82) is 10.8 Å². The average molecular weight is 437 g/mol. The molecule has 1 fully saturated rings. The van der Waals surface area contributed by atoms with Crippen molar-refractivity contribution in [2.45, 2.75) is 26.4 Å². The van der Waals surface area contributed by atoms with E-state index in [1.165, 1.54) is 0 Å². The van der Waals surface area contributed by atoms with Crippen molar-refractivity contribution >= 4 is 17.6 Å². The van der Waals surface area contributed by atoms with E-state index in [9.17, 15) is 31.1 Å². The van der Waals surface area contributed by atoms with E-state index in [1.54, 1.807) is 0 Å². The SMILES string of the molecule is CC.N=C1CN(C(=O)/C=C(\N)Cc2cc(F)cc(F)c2F)CCN1C(=N)C(F)(F)F. The predicted octanol–water partition coefficient (Wildman–Crippen LogP) is 3.18. The third-order valence-electron chi connectivity index (χ3n) is 3.88. The van der Waals surface area contributed by atoms with Gasteiger partial charge in [-0.1, -0.05) is 13.8 Å². The highest BCUT2D eigenvalue weighted by molar-refractivity contribution is 6.03. The number of carbonyl (C=O) groups excluding carboxylic acids is 1. The zero-order valence-electron chi connectivity index (χ0n) is 16.2. The molecule has 1 aromatic rings. The Hall–Kier alpha value is -3.05. The Morgan fingerprint density at radius 3 is 2.33 bits per heavy atom. The maximum absolute atomic E-state index is 13.6. The summed E-state index contributed by atoms with van der Waals surface area (Å²) in [7, 11) is 0. The summed E-state index contributed by atoms with van der Waals surface area (Å²) in [6, 6.07) is 1.08. The molecule has 0 bridgehead atoms. The van der Waals surface area contributed by atoms with Crippen molar-refractivity contribution in [3.8, 4) is 0 Å². The number of halogens is 6. The number of alkyl halides is 3. The van der Waals surface area contributed by atoms with Crippen LogP contribution in [-0.4, -0.2) is 53.2 Å². The molecule has 1 aliphatic rings. The molecule has 4 N–H and O–H groups in total. The van der Waals surface area contributed by atoms with Crippen LogP contribution in [0.2, 0.25) is 0 Å². The molecule has 2 rings (SSSR count). The van der Waals surface area contributed by atoms with E-state index in [-0.39, 0.29) is 12.2 Å². The lowest BCUT2D eigenvalue weighted by Crippen LogP contribution is -2.56. The summed E-state index contributed by atoms with van der Waals surface area (Å²) >= 11 is 0. The largest absolute Gasteiger partial charge is 0.449 e.